The fraction of sp³-hybridized carbons (Fsp3) is 0.571. The van der Waals surface area contributed by atoms with Gasteiger partial charge in [-0.15, -0.1) is 0 Å². The molecule has 27 heavy (non-hydrogen) atoms. The third kappa shape index (κ3) is 6.70. The number of hydrogen-bond acceptors (Lipinski definition) is 4. The van der Waals surface area contributed by atoms with Gasteiger partial charge in [0.05, 0.1) is 5.54 Å². The van der Waals surface area contributed by atoms with Gasteiger partial charge in [-0.25, -0.2) is 4.79 Å². The normalized spacial score (nSPS) is 16.7. The average Bonchev–Trinajstić information content (AvgIpc) is 2.84. The van der Waals surface area contributed by atoms with Crippen molar-refractivity contribution in [3.05, 3.63) is 35.4 Å². The van der Waals surface area contributed by atoms with E-state index in [0.29, 0.717) is 17.7 Å². The van der Waals surface area contributed by atoms with Gasteiger partial charge in [0.25, 0.3) is 5.91 Å². The number of ether oxygens (including phenoxy) is 1. The van der Waals surface area contributed by atoms with Crippen molar-refractivity contribution in [1.29, 1.82) is 0 Å². The van der Waals surface area contributed by atoms with E-state index in [2.05, 4.69) is 10.6 Å². The minimum Gasteiger partial charge on any atom is -0.444 e. The largest absolute Gasteiger partial charge is 0.444 e. The smallest absolute Gasteiger partial charge is 0.408 e. The first-order valence-corrected chi connectivity index (χ1v) is 9.58. The molecule has 0 unspecified atom stereocenters. The highest BCUT2D eigenvalue weighted by Crippen LogP contribution is 2.27. The van der Waals surface area contributed by atoms with Crippen molar-refractivity contribution in [1.82, 2.24) is 10.6 Å². The Bertz CT molecular complexity index is 654. The lowest BCUT2D eigenvalue weighted by Gasteiger charge is -2.35. The zero-order valence-corrected chi connectivity index (χ0v) is 16.5. The van der Waals surface area contributed by atoms with Crippen LogP contribution in [0.15, 0.2) is 24.3 Å². The third-order valence-electron chi connectivity index (χ3n) is 4.72. The van der Waals surface area contributed by atoms with Crippen LogP contribution in [0.2, 0.25) is 0 Å². The summed E-state index contributed by atoms with van der Waals surface area (Å²) in [6.07, 6.45) is 6.14. The van der Waals surface area contributed by atoms with Crippen molar-refractivity contribution < 1.29 is 19.1 Å². The molecule has 1 fully saturated rings. The Morgan fingerprint density at radius 1 is 1.07 bits per heavy atom. The van der Waals surface area contributed by atoms with Crippen LogP contribution in [0.5, 0.6) is 0 Å². The molecule has 0 saturated heterocycles. The Morgan fingerprint density at radius 3 is 2.19 bits per heavy atom. The lowest BCUT2D eigenvalue weighted by molar-refractivity contribution is 0.0437. The highest BCUT2D eigenvalue weighted by Gasteiger charge is 2.34. The topological polar surface area (TPSA) is 84.5 Å². The molecule has 0 bridgehead atoms. The number of rotatable bonds is 5. The number of benzene rings is 1. The van der Waals surface area contributed by atoms with E-state index in [1.807, 2.05) is 20.8 Å². The van der Waals surface area contributed by atoms with Gasteiger partial charge < -0.3 is 15.4 Å². The molecular weight excluding hydrogens is 344 g/mol. The van der Waals surface area contributed by atoms with E-state index in [0.717, 1.165) is 44.8 Å². The van der Waals surface area contributed by atoms with Gasteiger partial charge in [0, 0.05) is 17.7 Å². The summed E-state index contributed by atoms with van der Waals surface area (Å²) in [7, 11) is 0. The summed E-state index contributed by atoms with van der Waals surface area (Å²) in [6.45, 7) is 5.84. The number of amides is 2. The summed E-state index contributed by atoms with van der Waals surface area (Å²) >= 11 is 0. The Kier molecular flexibility index (Phi) is 6.99. The zero-order chi connectivity index (χ0) is 19.9. The molecule has 1 saturated carbocycles. The first-order valence-electron chi connectivity index (χ1n) is 9.58. The summed E-state index contributed by atoms with van der Waals surface area (Å²) in [4.78, 5) is 35.6. The van der Waals surface area contributed by atoms with E-state index in [4.69, 9.17) is 4.74 Å². The maximum Gasteiger partial charge on any atom is 0.408 e. The predicted molar refractivity (Wildman–Crippen MR) is 104 cm³/mol. The van der Waals surface area contributed by atoms with Gasteiger partial charge in [-0.1, -0.05) is 37.8 Å². The molecule has 1 aliphatic rings. The molecule has 0 spiro atoms. The Labute approximate surface area is 161 Å². The van der Waals surface area contributed by atoms with Gasteiger partial charge in [-0.05, 0) is 45.7 Å². The Balaban J connectivity index is 2.05. The first-order chi connectivity index (χ1) is 12.7. The molecule has 148 valence electrons. The molecular formula is C21H30N2O4. The molecule has 6 heteroatoms. The second-order valence-electron chi connectivity index (χ2n) is 8.24. The third-order valence-corrected chi connectivity index (χ3v) is 4.72. The summed E-state index contributed by atoms with van der Waals surface area (Å²) in [5, 5.41) is 5.98. The van der Waals surface area contributed by atoms with Gasteiger partial charge in [-0.3, -0.25) is 9.59 Å². The maximum atomic E-state index is 12.5. The van der Waals surface area contributed by atoms with Gasteiger partial charge in [-0.2, -0.15) is 0 Å². The van der Waals surface area contributed by atoms with Gasteiger partial charge in [0.1, 0.15) is 11.9 Å². The van der Waals surface area contributed by atoms with Crippen LogP contribution in [0.4, 0.5) is 4.79 Å². The van der Waals surface area contributed by atoms with Crippen LogP contribution in [0.3, 0.4) is 0 Å². The summed E-state index contributed by atoms with van der Waals surface area (Å²) in [5.74, 6) is -0.220. The minimum absolute atomic E-state index is 0.220. The summed E-state index contributed by atoms with van der Waals surface area (Å²) in [5.41, 5.74) is -0.0587. The van der Waals surface area contributed by atoms with Gasteiger partial charge in [0.15, 0.2) is 0 Å². The molecule has 2 N–H and O–H groups in total. The van der Waals surface area contributed by atoms with Gasteiger partial charge >= 0.3 is 6.09 Å². The monoisotopic (exact) mass is 374 g/mol. The SMILES string of the molecule is CC(C)(C)OC(=O)NC1(CNC(=O)c2ccc(C=O)cc2)CCCCCC1. The Morgan fingerprint density at radius 2 is 1.67 bits per heavy atom. The number of nitrogens with one attached hydrogen (secondary N) is 2. The lowest BCUT2D eigenvalue weighted by Crippen LogP contribution is -2.56. The van der Waals surface area contributed by atoms with Crippen molar-refractivity contribution in [3.63, 3.8) is 0 Å². The quantitative estimate of drug-likeness (QED) is 0.606. The molecule has 1 aliphatic carbocycles. The van der Waals surface area contributed by atoms with E-state index < -0.39 is 17.2 Å². The van der Waals surface area contributed by atoms with E-state index in [9.17, 15) is 14.4 Å². The number of hydrogen-bond donors (Lipinski definition) is 2. The number of carbonyl (C=O) groups excluding carboxylic acids is 3. The van der Waals surface area contributed by atoms with Crippen molar-refractivity contribution in [2.24, 2.45) is 0 Å². The maximum absolute atomic E-state index is 12.5. The van der Waals surface area contributed by atoms with Crippen molar-refractivity contribution in [2.45, 2.75) is 70.4 Å². The van der Waals surface area contributed by atoms with Crippen molar-refractivity contribution >= 4 is 18.3 Å². The lowest BCUT2D eigenvalue weighted by atomic mass is 9.90. The van der Waals surface area contributed by atoms with Crippen LogP contribution >= 0.6 is 0 Å². The first kappa shape index (κ1) is 20.9. The van der Waals surface area contributed by atoms with Crippen LogP contribution in [-0.4, -0.2) is 36.0 Å². The van der Waals surface area contributed by atoms with Gasteiger partial charge in [0.2, 0.25) is 0 Å². The molecule has 0 radical (unpaired) electrons. The molecule has 0 heterocycles. The standard InChI is InChI=1S/C21H30N2O4/c1-20(2,3)27-19(26)23-21(12-6-4-5-7-13-21)15-22-18(25)17-10-8-16(14-24)9-11-17/h8-11,14H,4-7,12-13,15H2,1-3H3,(H,22,25)(H,23,26). The second kappa shape index (κ2) is 9.02. The summed E-state index contributed by atoms with van der Waals surface area (Å²) in [6, 6.07) is 6.48. The highest BCUT2D eigenvalue weighted by atomic mass is 16.6. The van der Waals surface area contributed by atoms with Crippen LogP contribution < -0.4 is 10.6 Å². The van der Waals surface area contributed by atoms with Crippen LogP contribution in [-0.2, 0) is 4.74 Å². The fourth-order valence-corrected chi connectivity index (χ4v) is 3.34. The summed E-state index contributed by atoms with van der Waals surface area (Å²) < 4.78 is 5.43. The van der Waals surface area contributed by atoms with E-state index in [-0.39, 0.29) is 5.91 Å². The zero-order valence-electron chi connectivity index (χ0n) is 16.5. The van der Waals surface area contributed by atoms with E-state index in [1.54, 1.807) is 24.3 Å². The molecule has 6 nitrogen and oxygen atoms in total. The molecule has 2 rings (SSSR count). The fourth-order valence-electron chi connectivity index (χ4n) is 3.34. The van der Waals surface area contributed by atoms with Crippen LogP contribution in [0, 0.1) is 0 Å². The number of carbonyl (C=O) groups is 3. The van der Waals surface area contributed by atoms with E-state index >= 15 is 0 Å². The molecule has 0 atom stereocenters. The van der Waals surface area contributed by atoms with E-state index in [1.165, 1.54) is 0 Å². The minimum atomic E-state index is -0.570. The van der Waals surface area contributed by atoms with Crippen molar-refractivity contribution in [2.75, 3.05) is 6.54 Å². The number of alkyl carbamates (subject to hydrolysis) is 1. The highest BCUT2D eigenvalue weighted by molar-refractivity contribution is 5.94. The molecule has 1 aromatic rings. The second-order valence-corrected chi connectivity index (χ2v) is 8.24. The average molecular weight is 374 g/mol. The molecule has 0 aliphatic heterocycles. The van der Waals surface area contributed by atoms with Crippen molar-refractivity contribution in [3.8, 4) is 0 Å². The molecule has 0 aromatic heterocycles. The molecule has 1 aromatic carbocycles. The van der Waals surface area contributed by atoms with Crippen LogP contribution in [0.1, 0.15) is 80.0 Å². The molecule has 2 amide bonds. The number of aldehydes is 1. The predicted octanol–water partition coefficient (Wildman–Crippen LogP) is 3.85. The Hall–Kier alpha value is -2.37. The van der Waals surface area contributed by atoms with Crippen LogP contribution in [0.25, 0.3) is 0 Å².